The second-order valence-corrected chi connectivity index (χ2v) is 4.75. The average molecular weight is 288 g/mol. The Balaban J connectivity index is 2.20. The Hall–Kier alpha value is -2.30. The van der Waals surface area contributed by atoms with E-state index < -0.39 is 0 Å². The largest absolute Gasteiger partial charge is 0.384 e. The van der Waals surface area contributed by atoms with Crippen LogP contribution >= 0.6 is 11.3 Å². The minimum absolute atomic E-state index is 0.272. The number of hydrogen-bond acceptors (Lipinski definition) is 6. The Kier molecular flexibility index (Phi) is 4.76. The number of aromatic nitrogens is 3. The highest BCUT2D eigenvalue weighted by atomic mass is 32.1. The van der Waals surface area contributed by atoms with Crippen molar-refractivity contribution in [1.29, 1.82) is 0 Å². The van der Waals surface area contributed by atoms with Crippen molar-refractivity contribution < 1.29 is 9.90 Å². The molecule has 2 N–H and O–H groups in total. The van der Waals surface area contributed by atoms with E-state index in [2.05, 4.69) is 32.3 Å². The molecule has 0 saturated carbocycles. The minimum Gasteiger partial charge on any atom is -0.384 e. The summed E-state index contributed by atoms with van der Waals surface area (Å²) in [6.07, 6.45) is 3.77. The lowest BCUT2D eigenvalue weighted by atomic mass is 10.1. The third-order valence-electron chi connectivity index (χ3n) is 2.36. The first-order valence-electron chi connectivity index (χ1n) is 5.92. The monoisotopic (exact) mass is 288 g/mol. The lowest BCUT2D eigenvalue weighted by Crippen LogP contribution is -2.13. The Morgan fingerprint density at radius 3 is 3.05 bits per heavy atom. The average Bonchev–Trinajstić information content (AvgIpc) is 2.93. The van der Waals surface area contributed by atoms with Crippen LogP contribution < -0.4 is 5.32 Å². The molecule has 0 aliphatic heterocycles. The van der Waals surface area contributed by atoms with Crippen LogP contribution in [0.1, 0.15) is 27.9 Å². The van der Waals surface area contributed by atoms with E-state index in [0.717, 1.165) is 11.4 Å². The molecular formula is C13H12N4O2S. The second kappa shape index (κ2) is 6.75. The van der Waals surface area contributed by atoms with Gasteiger partial charge in [-0.25, -0.2) is 0 Å². The van der Waals surface area contributed by atoms with E-state index in [1.54, 1.807) is 6.07 Å². The van der Waals surface area contributed by atoms with E-state index in [9.17, 15) is 4.79 Å². The fraction of sp³-hybridized carbons (Fsp3) is 0.231. The van der Waals surface area contributed by atoms with Crippen molar-refractivity contribution in [2.24, 2.45) is 0 Å². The van der Waals surface area contributed by atoms with Crippen molar-refractivity contribution in [3.05, 3.63) is 34.6 Å². The molecule has 0 fully saturated rings. The van der Waals surface area contributed by atoms with Gasteiger partial charge in [-0.1, -0.05) is 30.1 Å². The van der Waals surface area contributed by atoms with Gasteiger partial charge in [0.15, 0.2) is 0 Å². The summed E-state index contributed by atoms with van der Waals surface area (Å²) in [6.45, 7) is 1.70. The predicted octanol–water partition coefficient (Wildman–Crippen LogP) is 1.09. The second-order valence-electron chi connectivity index (χ2n) is 3.69. The smallest absolute Gasteiger partial charge is 0.258 e. The number of amides is 1. The lowest BCUT2D eigenvalue weighted by Gasteiger charge is -2.03. The molecule has 102 valence electrons. The van der Waals surface area contributed by atoms with E-state index in [-0.39, 0.29) is 12.5 Å². The van der Waals surface area contributed by atoms with Crippen molar-refractivity contribution >= 4 is 22.4 Å². The summed E-state index contributed by atoms with van der Waals surface area (Å²) in [6, 6.07) is 1.57. The van der Waals surface area contributed by atoms with Gasteiger partial charge in [-0.15, -0.1) is 10.2 Å². The molecule has 2 aromatic rings. The first kappa shape index (κ1) is 14.1. The molecule has 0 aliphatic rings. The summed E-state index contributed by atoms with van der Waals surface area (Å²) in [4.78, 5) is 16.1. The summed E-state index contributed by atoms with van der Waals surface area (Å²) in [5, 5.41) is 20.5. The van der Waals surface area contributed by atoms with E-state index in [0.29, 0.717) is 16.3 Å². The molecule has 0 unspecified atom stereocenters. The zero-order chi connectivity index (χ0) is 14.4. The molecule has 0 spiro atoms. The van der Waals surface area contributed by atoms with Gasteiger partial charge >= 0.3 is 0 Å². The van der Waals surface area contributed by atoms with Gasteiger partial charge in [-0.2, -0.15) is 0 Å². The molecule has 20 heavy (non-hydrogen) atoms. The molecule has 1 amide bonds. The van der Waals surface area contributed by atoms with E-state index in [4.69, 9.17) is 5.11 Å². The number of carbonyl (C=O) groups is 1. The van der Waals surface area contributed by atoms with Crippen LogP contribution in [-0.2, 0) is 6.42 Å². The maximum Gasteiger partial charge on any atom is 0.258 e. The number of carbonyl (C=O) groups excluding carboxylic acids is 1. The third-order valence-corrected chi connectivity index (χ3v) is 3.34. The lowest BCUT2D eigenvalue weighted by molar-refractivity contribution is 0.102. The molecule has 7 heteroatoms. The standard InChI is InChI=1S/C13H12N4O2S/c1-2-11-16-17-13(20-11)15-12(19)10-5-6-14-8-9(10)4-3-7-18/h5-6,8,18H,2,7H2,1H3,(H,15,17,19). The zero-order valence-electron chi connectivity index (χ0n) is 10.8. The van der Waals surface area contributed by atoms with Gasteiger partial charge in [-0.3, -0.25) is 15.1 Å². The van der Waals surface area contributed by atoms with Crippen LogP contribution in [0, 0.1) is 11.8 Å². The van der Waals surface area contributed by atoms with Crippen LogP contribution in [0.3, 0.4) is 0 Å². The number of nitrogens with zero attached hydrogens (tertiary/aromatic N) is 3. The van der Waals surface area contributed by atoms with Gasteiger partial charge in [0.25, 0.3) is 5.91 Å². The van der Waals surface area contributed by atoms with Crippen LogP contribution in [0.4, 0.5) is 5.13 Å². The summed E-state index contributed by atoms with van der Waals surface area (Å²) in [7, 11) is 0. The third kappa shape index (κ3) is 3.38. The SMILES string of the molecule is CCc1nnc(NC(=O)c2ccncc2C#CCO)s1. The molecule has 2 rings (SSSR count). The van der Waals surface area contributed by atoms with Crippen molar-refractivity contribution in [1.82, 2.24) is 15.2 Å². The highest BCUT2D eigenvalue weighted by Gasteiger charge is 2.12. The Morgan fingerprint density at radius 2 is 2.35 bits per heavy atom. The fourth-order valence-corrected chi connectivity index (χ4v) is 2.11. The molecule has 0 bridgehead atoms. The van der Waals surface area contributed by atoms with Gasteiger partial charge in [0, 0.05) is 12.4 Å². The molecule has 0 saturated heterocycles. The van der Waals surface area contributed by atoms with Crippen molar-refractivity contribution in [2.45, 2.75) is 13.3 Å². The molecular weight excluding hydrogens is 276 g/mol. The van der Waals surface area contributed by atoms with E-state index >= 15 is 0 Å². The number of aliphatic hydroxyl groups is 1. The molecule has 0 aliphatic carbocycles. The van der Waals surface area contributed by atoms with Gasteiger partial charge in [0.1, 0.15) is 11.6 Å². The van der Waals surface area contributed by atoms with Crippen molar-refractivity contribution in [3.63, 3.8) is 0 Å². The summed E-state index contributed by atoms with van der Waals surface area (Å²) in [5.41, 5.74) is 0.841. The molecule has 0 radical (unpaired) electrons. The van der Waals surface area contributed by atoms with Gasteiger partial charge in [0.05, 0.1) is 11.1 Å². The Morgan fingerprint density at radius 1 is 1.50 bits per heavy atom. The van der Waals surface area contributed by atoms with Crippen molar-refractivity contribution in [3.8, 4) is 11.8 Å². The van der Waals surface area contributed by atoms with E-state index in [1.807, 2.05) is 6.92 Å². The molecule has 0 atom stereocenters. The molecule has 2 heterocycles. The molecule has 0 aromatic carbocycles. The quantitative estimate of drug-likeness (QED) is 0.825. The Bertz CT molecular complexity index is 672. The van der Waals surface area contributed by atoms with Gasteiger partial charge in [0.2, 0.25) is 5.13 Å². The summed E-state index contributed by atoms with van der Waals surface area (Å²) < 4.78 is 0. The van der Waals surface area contributed by atoms with Gasteiger partial charge in [-0.05, 0) is 12.5 Å². The number of nitrogens with one attached hydrogen (secondary N) is 1. The predicted molar refractivity (Wildman–Crippen MR) is 75.4 cm³/mol. The van der Waals surface area contributed by atoms with Crippen LogP contribution in [0.5, 0.6) is 0 Å². The van der Waals surface area contributed by atoms with E-state index in [1.165, 1.54) is 23.7 Å². The first-order chi connectivity index (χ1) is 9.74. The summed E-state index contributed by atoms with van der Waals surface area (Å²) in [5.74, 6) is 4.86. The maximum absolute atomic E-state index is 12.2. The minimum atomic E-state index is -0.326. The maximum atomic E-state index is 12.2. The normalized spacial score (nSPS) is 9.70. The number of anilines is 1. The van der Waals surface area contributed by atoms with Crippen LogP contribution in [0.15, 0.2) is 18.5 Å². The molecule has 6 nitrogen and oxygen atoms in total. The van der Waals surface area contributed by atoms with Crippen LogP contribution in [0.25, 0.3) is 0 Å². The number of aliphatic hydroxyl groups excluding tert-OH is 1. The number of pyridine rings is 1. The number of aryl methyl sites for hydroxylation is 1. The van der Waals surface area contributed by atoms with Crippen molar-refractivity contribution in [2.75, 3.05) is 11.9 Å². The zero-order valence-corrected chi connectivity index (χ0v) is 11.6. The van der Waals surface area contributed by atoms with Crippen LogP contribution in [0.2, 0.25) is 0 Å². The number of hydrogen-bond donors (Lipinski definition) is 2. The highest BCUT2D eigenvalue weighted by Crippen LogP contribution is 2.17. The Labute approximate surface area is 119 Å². The van der Waals surface area contributed by atoms with Gasteiger partial charge < -0.3 is 5.11 Å². The highest BCUT2D eigenvalue weighted by molar-refractivity contribution is 7.15. The fourth-order valence-electron chi connectivity index (χ4n) is 1.44. The summed E-state index contributed by atoms with van der Waals surface area (Å²) >= 11 is 1.33. The molecule has 2 aromatic heterocycles. The first-order valence-corrected chi connectivity index (χ1v) is 6.73. The van der Waals surface area contributed by atoms with Crippen LogP contribution in [-0.4, -0.2) is 32.8 Å². The topological polar surface area (TPSA) is 88.0 Å². The number of rotatable bonds is 3.